The monoisotopic (exact) mass is 241 g/mol. The Morgan fingerprint density at radius 2 is 1.94 bits per heavy atom. The van der Waals surface area contributed by atoms with Crippen LogP contribution in [-0.4, -0.2) is 22.6 Å². The molecule has 0 aromatic heterocycles. The van der Waals surface area contributed by atoms with E-state index >= 15 is 0 Å². The summed E-state index contributed by atoms with van der Waals surface area (Å²) in [6.45, 7) is 2.60. The minimum Gasteiger partial charge on any atom is -0.369 e. The van der Waals surface area contributed by atoms with Gasteiger partial charge >= 0.3 is 0 Å². The molecule has 3 N–H and O–H groups in total. The van der Waals surface area contributed by atoms with E-state index in [0.29, 0.717) is 0 Å². The largest absolute Gasteiger partial charge is 0.369 e. The molecule has 0 radical (unpaired) electrons. The van der Waals surface area contributed by atoms with Crippen LogP contribution in [0.3, 0.4) is 0 Å². The predicted octanol–water partition coefficient (Wildman–Crippen LogP) is 1.37. The van der Waals surface area contributed by atoms with Crippen LogP contribution in [0.4, 0.5) is 0 Å². The van der Waals surface area contributed by atoms with E-state index in [4.69, 9.17) is 5.73 Å². The summed E-state index contributed by atoms with van der Waals surface area (Å²) < 4.78 is 11.7. The van der Waals surface area contributed by atoms with Gasteiger partial charge in [0.05, 0.1) is 0 Å². The van der Waals surface area contributed by atoms with Gasteiger partial charge in [-0.15, -0.1) is 0 Å². The number of carbonyl (C=O) groups excluding carboxylic acids is 1. The zero-order valence-electron chi connectivity index (χ0n) is 9.38. The van der Waals surface area contributed by atoms with Crippen molar-refractivity contribution in [1.29, 1.82) is 0 Å². The summed E-state index contributed by atoms with van der Waals surface area (Å²) in [4.78, 5) is 21.0. The third-order valence-corrected chi connectivity index (χ3v) is 5.05. The van der Waals surface area contributed by atoms with Crippen molar-refractivity contribution in [2.45, 2.75) is 18.5 Å². The zero-order chi connectivity index (χ0) is 12.4. The van der Waals surface area contributed by atoms with E-state index < -0.39 is 18.4 Å². The van der Waals surface area contributed by atoms with E-state index in [-0.39, 0.29) is 6.42 Å². The van der Waals surface area contributed by atoms with E-state index in [0.717, 1.165) is 5.56 Å². The van der Waals surface area contributed by atoms with Crippen molar-refractivity contribution in [3.63, 3.8) is 0 Å². The summed E-state index contributed by atoms with van der Waals surface area (Å²) in [7, 11) is -3.58. The highest BCUT2D eigenvalue weighted by atomic mass is 31.2. The molecule has 1 aromatic rings. The third-order valence-electron chi connectivity index (χ3n) is 2.84. The molecule has 1 rings (SSSR count). The van der Waals surface area contributed by atoms with Gasteiger partial charge < -0.3 is 10.6 Å². The predicted molar refractivity (Wildman–Crippen MR) is 63.5 cm³/mol. The first-order valence-electron chi connectivity index (χ1n) is 4.91. The molecule has 0 heterocycles. The van der Waals surface area contributed by atoms with Crippen molar-refractivity contribution in [1.82, 2.24) is 0 Å². The van der Waals surface area contributed by atoms with E-state index in [1.807, 2.05) is 18.2 Å². The molecule has 2 unspecified atom stereocenters. The molecule has 5 heteroatoms. The Morgan fingerprint density at radius 3 is 2.31 bits per heavy atom. The molecule has 2 atom stereocenters. The van der Waals surface area contributed by atoms with E-state index in [1.165, 1.54) is 13.6 Å². The van der Waals surface area contributed by atoms with Crippen molar-refractivity contribution in [3.8, 4) is 0 Å². The minimum absolute atomic E-state index is 0.174. The van der Waals surface area contributed by atoms with Gasteiger partial charge in [-0.25, -0.2) is 0 Å². The lowest BCUT2D eigenvalue weighted by molar-refractivity contribution is -0.120. The summed E-state index contributed by atoms with van der Waals surface area (Å²) in [6, 6.07) is 9.08. The molecular weight excluding hydrogens is 225 g/mol. The van der Waals surface area contributed by atoms with E-state index in [1.54, 1.807) is 12.1 Å². The second-order valence-corrected chi connectivity index (χ2v) is 6.92. The Bertz CT molecular complexity index is 426. The number of benzene rings is 1. The molecular formula is C11H16NO3P. The van der Waals surface area contributed by atoms with Crippen LogP contribution in [-0.2, 0) is 15.8 Å². The van der Waals surface area contributed by atoms with Crippen molar-refractivity contribution in [2.75, 3.05) is 6.66 Å². The molecule has 0 spiro atoms. The summed E-state index contributed by atoms with van der Waals surface area (Å²) in [5.74, 6) is -0.746. The molecule has 0 aliphatic carbocycles. The van der Waals surface area contributed by atoms with E-state index in [9.17, 15) is 14.3 Å². The van der Waals surface area contributed by atoms with Crippen LogP contribution in [0, 0.1) is 0 Å². The standard InChI is InChI=1S/C11H16NO3P/c1-11(10(12)13,16(2,14)15)8-9-6-4-3-5-7-9/h3-7H,8H2,1-2H3,(H2,12,13)(H,14,15). The first-order chi connectivity index (χ1) is 7.27. The molecule has 0 aliphatic heterocycles. The van der Waals surface area contributed by atoms with Gasteiger partial charge in [-0.3, -0.25) is 9.36 Å². The molecule has 88 valence electrons. The lowest BCUT2D eigenvalue weighted by atomic mass is 10.00. The Hall–Kier alpha value is -1.12. The van der Waals surface area contributed by atoms with Crippen LogP contribution in [0.1, 0.15) is 12.5 Å². The molecule has 0 bridgehead atoms. The van der Waals surface area contributed by atoms with Crippen LogP contribution >= 0.6 is 7.37 Å². The van der Waals surface area contributed by atoms with Crippen LogP contribution in [0.25, 0.3) is 0 Å². The quantitative estimate of drug-likeness (QED) is 0.781. The average molecular weight is 241 g/mol. The van der Waals surface area contributed by atoms with E-state index in [2.05, 4.69) is 0 Å². The maximum absolute atomic E-state index is 11.7. The number of carbonyl (C=O) groups is 1. The molecule has 4 nitrogen and oxygen atoms in total. The molecule has 1 amide bonds. The Kier molecular flexibility index (Phi) is 3.56. The second-order valence-electron chi connectivity index (χ2n) is 4.18. The minimum atomic E-state index is -3.58. The molecule has 16 heavy (non-hydrogen) atoms. The Balaban J connectivity index is 3.08. The number of rotatable bonds is 4. The number of primary amides is 1. The van der Waals surface area contributed by atoms with Crippen LogP contribution < -0.4 is 5.73 Å². The Labute approximate surface area is 94.9 Å². The zero-order valence-corrected chi connectivity index (χ0v) is 10.3. The Morgan fingerprint density at radius 1 is 1.44 bits per heavy atom. The van der Waals surface area contributed by atoms with Gasteiger partial charge in [0.1, 0.15) is 5.16 Å². The summed E-state index contributed by atoms with van der Waals surface area (Å²) in [5, 5.41) is -1.41. The van der Waals surface area contributed by atoms with Gasteiger partial charge in [0.2, 0.25) is 13.3 Å². The normalized spacial score (nSPS) is 18.4. The number of amides is 1. The van der Waals surface area contributed by atoms with Crippen molar-refractivity contribution in [3.05, 3.63) is 35.9 Å². The summed E-state index contributed by atoms with van der Waals surface area (Å²) >= 11 is 0. The average Bonchev–Trinajstić information content (AvgIpc) is 2.17. The first kappa shape index (κ1) is 12.9. The number of hydrogen-bond acceptors (Lipinski definition) is 2. The summed E-state index contributed by atoms with van der Waals surface area (Å²) in [6.07, 6.45) is 0.174. The van der Waals surface area contributed by atoms with Gasteiger partial charge in [-0.1, -0.05) is 30.3 Å². The number of nitrogens with two attached hydrogens (primary N) is 1. The van der Waals surface area contributed by atoms with Crippen molar-refractivity contribution >= 4 is 13.3 Å². The van der Waals surface area contributed by atoms with Crippen molar-refractivity contribution < 1.29 is 14.3 Å². The smallest absolute Gasteiger partial charge is 0.233 e. The van der Waals surface area contributed by atoms with Gasteiger partial charge in [0.25, 0.3) is 0 Å². The maximum atomic E-state index is 11.7. The topological polar surface area (TPSA) is 80.4 Å². The SMILES string of the molecule is CC(Cc1ccccc1)(C(N)=O)P(C)(=O)O. The van der Waals surface area contributed by atoms with Crippen LogP contribution in [0.15, 0.2) is 30.3 Å². The molecule has 0 saturated carbocycles. The second kappa shape index (κ2) is 4.40. The van der Waals surface area contributed by atoms with Crippen LogP contribution in [0.2, 0.25) is 0 Å². The molecule has 0 fully saturated rings. The summed E-state index contributed by atoms with van der Waals surface area (Å²) in [5.41, 5.74) is 6.05. The van der Waals surface area contributed by atoms with Gasteiger partial charge in [0, 0.05) is 6.66 Å². The van der Waals surface area contributed by atoms with Gasteiger partial charge in [-0.2, -0.15) is 0 Å². The lowest BCUT2D eigenvalue weighted by Gasteiger charge is -2.28. The highest BCUT2D eigenvalue weighted by Crippen LogP contribution is 2.52. The lowest BCUT2D eigenvalue weighted by Crippen LogP contribution is -2.42. The third kappa shape index (κ3) is 2.52. The molecule has 0 saturated heterocycles. The number of hydrogen-bond donors (Lipinski definition) is 2. The highest BCUT2D eigenvalue weighted by molar-refractivity contribution is 7.60. The fourth-order valence-corrected chi connectivity index (χ4v) is 2.32. The van der Waals surface area contributed by atoms with Gasteiger partial charge in [0.15, 0.2) is 0 Å². The first-order valence-corrected chi connectivity index (χ1v) is 7.02. The fraction of sp³-hybridized carbons (Fsp3) is 0.364. The fourth-order valence-electron chi connectivity index (χ4n) is 1.43. The maximum Gasteiger partial charge on any atom is 0.233 e. The molecule has 0 aliphatic rings. The molecule has 1 aromatic carbocycles. The highest BCUT2D eigenvalue weighted by Gasteiger charge is 2.45. The van der Waals surface area contributed by atoms with Crippen molar-refractivity contribution in [2.24, 2.45) is 5.73 Å². The van der Waals surface area contributed by atoms with Gasteiger partial charge in [-0.05, 0) is 18.9 Å². The van der Waals surface area contributed by atoms with Crippen LogP contribution in [0.5, 0.6) is 0 Å².